The van der Waals surface area contributed by atoms with Gasteiger partial charge in [-0.05, 0) is 6.07 Å². The molecule has 2 rings (SSSR count). The van der Waals surface area contributed by atoms with E-state index in [4.69, 9.17) is 10.00 Å². The summed E-state index contributed by atoms with van der Waals surface area (Å²) in [6.07, 6.45) is 0.774. The number of para-hydroxylation sites is 1. The molecule has 1 aliphatic heterocycles. The lowest BCUT2D eigenvalue weighted by Crippen LogP contribution is -2.31. The number of benzene rings is 1. The molecule has 1 aromatic rings. The molecule has 3 heteroatoms. The van der Waals surface area contributed by atoms with Gasteiger partial charge in [0, 0.05) is 17.1 Å². The minimum atomic E-state index is 0.347. The second-order valence-corrected chi connectivity index (χ2v) is 4.29. The van der Waals surface area contributed by atoms with Crippen LogP contribution in [-0.2, 0) is 6.42 Å². The van der Waals surface area contributed by atoms with Crippen LogP contribution in [0.5, 0.6) is 5.75 Å². The lowest BCUT2D eigenvalue weighted by Gasteiger charge is -2.26. The van der Waals surface area contributed by atoms with Gasteiger partial charge in [0.25, 0.3) is 0 Å². The highest BCUT2D eigenvalue weighted by atomic mass is 32.2. The zero-order valence-electron chi connectivity index (χ0n) is 7.77. The van der Waals surface area contributed by atoms with E-state index in [0.29, 0.717) is 12.5 Å². The summed E-state index contributed by atoms with van der Waals surface area (Å²) >= 11 is 1.89. The van der Waals surface area contributed by atoms with Gasteiger partial charge in [-0.15, -0.1) is 0 Å². The monoisotopic (exact) mass is 205 g/mol. The second-order valence-electron chi connectivity index (χ2n) is 3.22. The summed E-state index contributed by atoms with van der Waals surface area (Å²) in [5.74, 6) is 3.02. The van der Waals surface area contributed by atoms with Crippen molar-refractivity contribution in [1.29, 1.82) is 5.26 Å². The number of ether oxygens (including phenoxy) is 1. The molecule has 2 nitrogen and oxygen atoms in total. The average molecular weight is 205 g/mol. The molecule has 0 aromatic heterocycles. The van der Waals surface area contributed by atoms with Crippen LogP contribution in [0.15, 0.2) is 24.3 Å². The van der Waals surface area contributed by atoms with Crippen molar-refractivity contribution in [2.75, 3.05) is 11.5 Å². The van der Waals surface area contributed by atoms with E-state index in [0.717, 1.165) is 22.8 Å². The molecule has 0 atom stereocenters. The van der Waals surface area contributed by atoms with Crippen molar-refractivity contribution in [2.24, 2.45) is 0 Å². The third-order valence-corrected chi connectivity index (χ3v) is 3.36. The Kier molecular flexibility index (Phi) is 2.95. The number of nitriles is 1. The van der Waals surface area contributed by atoms with Gasteiger partial charge in [-0.25, -0.2) is 0 Å². The van der Waals surface area contributed by atoms with Crippen LogP contribution in [0.1, 0.15) is 5.56 Å². The number of nitrogens with zero attached hydrogens (tertiary/aromatic N) is 1. The predicted molar refractivity (Wildman–Crippen MR) is 57.5 cm³/mol. The second kappa shape index (κ2) is 4.39. The number of thioether (sulfide) groups is 1. The van der Waals surface area contributed by atoms with Crippen LogP contribution in [0.25, 0.3) is 0 Å². The first kappa shape index (κ1) is 9.42. The average Bonchev–Trinajstić information content (AvgIpc) is 2.14. The molecule has 0 spiro atoms. The highest BCUT2D eigenvalue weighted by molar-refractivity contribution is 8.00. The Bertz CT molecular complexity index is 355. The van der Waals surface area contributed by atoms with Gasteiger partial charge in [0.2, 0.25) is 0 Å². The molecule has 0 aliphatic carbocycles. The SMILES string of the molecule is N#CCc1ccccc1OC1CSC1. The smallest absolute Gasteiger partial charge is 0.124 e. The number of hydrogen-bond acceptors (Lipinski definition) is 3. The fourth-order valence-corrected chi connectivity index (χ4v) is 1.88. The predicted octanol–water partition coefficient (Wildman–Crippen LogP) is 2.25. The van der Waals surface area contributed by atoms with Gasteiger partial charge < -0.3 is 4.74 Å². The quantitative estimate of drug-likeness (QED) is 0.758. The maximum Gasteiger partial charge on any atom is 0.124 e. The van der Waals surface area contributed by atoms with Gasteiger partial charge in [0.15, 0.2) is 0 Å². The van der Waals surface area contributed by atoms with Crippen LogP contribution < -0.4 is 4.74 Å². The molecule has 1 aromatic carbocycles. The van der Waals surface area contributed by atoms with E-state index in [1.807, 2.05) is 36.0 Å². The summed E-state index contributed by atoms with van der Waals surface area (Å²) in [6, 6.07) is 9.92. The molecule has 0 N–H and O–H groups in total. The number of hydrogen-bond donors (Lipinski definition) is 0. The Hall–Kier alpha value is -1.14. The molecule has 0 unspecified atom stereocenters. The van der Waals surface area contributed by atoms with Crippen molar-refractivity contribution in [1.82, 2.24) is 0 Å². The van der Waals surface area contributed by atoms with Gasteiger partial charge in [0.05, 0.1) is 12.5 Å². The van der Waals surface area contributed by atoms with Crippen LogP contribution in [0.3, 0.4) is 0 Å². The Morgan fingerprint density at radius 1 is 1.43 bits per heavy atom. The summed E-state index contributed by atoms with van der Waals surface area (Å²) in [5, 5.41) is 8.64. The Morgan fingerprint density at radius 3 is 2.86 bits per heavy atom. The fourth-order valence-electron chi connectivity index (χ4n) is 1.31. The zero-order chi connectivity index (χ0) is 9.80. The maximum absolute atomic E-state index is 8.64. The Labute approximate surface area is 87.9 Å². The molecular weight excluding hydrogens is 194 g/mol. The van der Waals surface area contributed by atoms with Crippen molar-refractivity contribution in [3.8, 4) is 11.8 Å². The van der Waals surface area contributed by atoms with Crippen molar-refractivity contribution < 1.29 is 4.74 Å². The van der Waals surface area contributed by atoms with Gasteiger partial charge >= 0.3 is 0 Å². The topological polar surface area (TPSA) is 33.0 Å². The minimum Gasteiger partial charge on any atom is -0.488 e. The lowest BCUT2D eigenvalue weighted by atomic mass is 10.1. The van der Waals surface area contributed by atoms with Crippen LogP contribution in [-0.4, -0.2) is 17.6 Å². The molecular formula is C11H11NOS. The number of rotatable bonds is 3. The lowest BCUT2D eigenvalue weighted by molar-refractivity contribution is 0.238. The van der Waals surface area contributed by atoms with Gasteiger partial charge in [-0.2, -0.15) is 17.0 Å². The van der Waals surface area contributed by atoms with Crippen LogP contribution in [0.4, 0.5) is 0 Å². The highest BCUT2D eigenvalue weighted by Gasteiger charge is 2.20. The first-order chi connectivity index (χ1) is 6.90. The van der Waals surface area contributed by atoms with Crippen molar-refractivity contribution in [3.05, 3.63) is 29.8 Å². The normalized spacial score (nSPS) is 15.6. The van der Waals surface area contributed by atoms with E-state index in [1.165, 1.54) is 0 Å². The van der Waals surface area contributed by atoms with Gasteiger partial charge in [-0.3, -0.25) is 0 Å². The molecule has 14 heavy (non-hydrogen) atoms. The summed E-state index contributed by atoms with van der Waals surface area (Å²) in [7, 11) is 0. The standard InChI is InChI=1S/C11H11NOS/c12-6-5-9-3-1-2-4-11(9)13-10-7-14-8-10/h1-4,10H,5,7-8H2. The molecule has 72 valence electrons. The third-order valence-electron chi connectivity index (χ3n) is 2.14. The molecule has 0 saturated carbocycles. The minimum absolute atomic E-state index is 0.347. The summed E-state index contributed by atoms with van der Waals surface area (Å²) in [5.41, 5.74) is 0.993. The molecule has 0 amide bonds. The third kappa shape index (κ3) is 2.02. The van der Waals surface area contributed by atoms with Crippen LogP contribution in [0.2, 0.25) is 0 Å². The first-order valence-corrected chi connectivity index (χ1v) is 5.75. The van der Waals surface area contributed by atoms with E-state index >= 15 is 0 Å². The summed E-state index contributed by atoms with van der Waals surface area (Å²) < 4.78 is 5.76. The first-order valence-electron chi connectivity index (χ1n) is 4.59. The maximum atomic E-state index is 8.64. The molecule has 0 bridgehead atoms. The van der Waals surface area contributed by atoms with E-state index in [-0.39, 0.29) is 0 Å². The van der Waals surface area contributed by atoms with Crippen LogP contribution >= 0.6 is 11.8 Å². The molecule has 0 radical (unpaired) electrons. The van der Waals surface area contributed by atoms with E-state index in [9.17, 15) is 0 Å². The van der Waals surface area contributed by atoms with Crippen molar-refractivity contribution in [2.45, 2.75) is 12.5 Å². The largest absolute Gasteiger partial charge is 0.488 e. The molecule has 1 fully saturated rings. The van der Waals surface area contributed by atoms with E-state index in [1.54, 1.807) is 0 Å². The summed E-state index contributed by atoms with van der Waals surface area (Å²) in [6.45, 7) is 0. The van der Waals surface area contributed by atoms with Gasteiger partial charge in [0.1, 0.15) is 11.9 Å². The van der Waals surface area contributed by atoms with E-state index in [2.05, 4.69) is 6.07 Å². The van der Waals surface area contributed by atoms with Crippen LogP contribution in [0, 0.1) is 11.3 Å². The zero-order valence-corrected chi connectivity index (χ0v) is 8.59. The van der Waals surface area contributed by atoms with Gasteiger partial charge in [-0.1, -0.05) is 18.2 Å². The Balaban J connectivity index is 2.10. The molecule has 1 heterocycles. The van der Waals surface area contributed by atoms with Crippen molar-refractivity contribution >= 4 is 11.8 Å². The Morgan fingerprint density at radius 2 is 2.21 bits per heavy atom. The molecule has 1 saturated heterocycles. The van der Waals surface area contributed by atoms with E-state index < -0.39 is 0 Å². The molecule has 1 aliphatic rings. The summed E-state index contributed by atoms with van der Waals surface area (Å²) in [4.78, 5) is 0. The fraction of sp³-hybridized carbons (Fsp3) is 0.364. The van der Waals surface area contributed by atoms with Crippen molar-refractivity contribution in [3.63, 3.8) is 0 Å². The highest BCUT2D eigenvalue weighted by Crippen LogP contribution is 2.26.